The predicted octanol–water partition coefficient (Wildman–Crippen LogP) is 2.21. The zero-order chi connectivity index (χ0) is 18.8. The Balaban J connectivity index is 1.56. The highest BCUT2D eigenvalue weighted by Crippen LogP contribution is 2.22. The number of imidazole rings is 1. The molecular formula is C21H25N5O. The summed E-state index contributed by atoms with van der Waals surface area (Å²) in [6, 6.07) is 8.37. The van der Waals surface area contributed by atoms with E-state index in [4.69, 9.17) is 0 Å². The molecule has 3 heterocycles. The Morgan fingerprint density at radius 2 is 2.00 bits per heavy atom. The number of rotatable bonds is 3. The van der Waals surface area contributed by atoms with Crippen molar-refractivity contribution in [2.24, 2.45) is 13.0 Å². The molecule has 0 unspecified atom stereocenters. The molecule has 0 bridgehead atoms. The number of benzene rings is 1. The number of carbonyl (C=O) groups excluding carboxylic acids is 1. The van der Waals surface area contributed by atoms with E-state index in [1.807, 2.05) is 35.0 Å². The average Bonchev–Trinajstić information content (AvgIpc) is 3.02. The molecule has 3 aromatic rings. The Labute approximate surface area is 159 Å². The van der Waals surface area contributed by atoms with Crippen molar-refractivity contribution in [3.63, 3.8) is 0 Å². The van der Waals surface area contributed by atoms with Gasteiger partial charge in [0, 0.05) is 57.2 Å². The fraction of sp³-hybridized carbons (Fsp3) is 0.381. The third kappa shape index (κ3) is 3.85. The van der Waals surface area contributed by atoms with Crippen LogP contribution in [0.4, 0.5) is 0 Å². The first-order valence-corrected chi connectivity index (χ1v) is 9.37. The van der Waals surface area contributed by atoms with Crippen LogP contribution < -0.4 is 0 Å². The van der Waals surface area contributed by atoms with Crippen LogP contribution in [0.5, 0.6) is 0 Å². The van der Waals surface area contributed by atoms with Gasteiger partial charge in [0.25, 0.3) is 5.91 Å². The van der Waals surface area contributed by atoms with Crippen LogP contribution in [-0.2, 0) is 13.5 Å². The summed E-state index contributed by atoms with van der Waals surface area (Å²) in [6.07, 6.45) is 8.26. The van der Waals surface area contributed by atoms with E-state index in [1.54, 1.807) is 12.5 Å². The normalized spacial score (nSPS) is 18.6. The van der Waals surface area contributed by atoms with E-state index in [1.165, 1.54) is 16.3 Å². The van der Waals surface area contributed by atoms with Crippen molar-refractivity contribution < 1.29 is 4.79 Å². The molecule has 6 nitrogen and oxygen atoms in total. The second kappa shape index (κ2) is 7.48. The summed E-state index contributed by atoms with van der Waals surface area (Å²) >= 11 is 0. The molecule has 27 heavy (non-hydrogen) atoms. The van der Waals surface area contributed by atoms with E-state index in [-0.39, 0.29) is 5.91 Å². The van der Waals surface area contributed by atoms with Gasteiger partial charge in [-0.05, 0) is 30.3 Å². The molecule has 0 radical (unpaired) electrons. The molecular weight excluding hydrogens is 338 g/mol. The molecule has 0 N–H and O–H groups in total. The van der Waals surface area contributed by atoms with E-state index in [9.17, 15) is 4.79 Å². The molecule has 1 saturated heterocycles. The Morgan fingerprint density at radius 3 is 2.81 bits per heavy atom. The Bertz CT molecular complexity index is 945. The Hall–Kier alpha value is -2.73. The fourth-order valence-corrected chi connectivity index (χ4v) is 3.94. The SMILES string of the molecule is CN1CCN(C(=O)c2cn(C)cn2)C[C@@H](Cc2cncc3ccccc23)C1. The molecule has 4 rings (SSSR count). The largest absolute Gasteiger partial charge is 0.340 e. The van der Waals surface area contributed by atoms with Crippen LogP contribution in [0.1, 0.15) is 16.1 Å². The van der Waals surface area contributed by atoms with Crippen molar-refractivity contribution in [2.75, 3.05) is 33.2 Å². The third-order valence-electron chi connectivity index (χ3n) is 5.27. The van der Waals surface area contributed by atoms with Crippen LogP contribution in [0.15, 0.2) is 49.2 Å². The molecule has 1 amide bonds. The van der Waals surface area contributed by atoms with E-state index in [0.29, 0.717) is 11.6 Å². The number of likely N-dealkylation sites (N-methyl/N-ethyl adjacent to an activating group) is 1. The summed E-state index contributed by atoms with van der Waals surface area (Å²) in [7, 11) is 4.01. The molecule has 0 saturated carbocycles. The summed E-state index contributed by atoms with van der Waals surface area (Å²) in [6.45, 7) is 3.32. The number of nitrogens with zero attached hydrogens (tertiary/aromatic N) is 5. The lowest BCUT2D eigenvalue weighted by Crippen LogP contribution is -2.36. The van der Waals surface area contributed by atoms with Gasteiger partial charge in [0.05, 0.1) is 6.33 Å². The third-order valence-corrected chi connectivity index (χ3v) is 5.27. The molecule has 1 aliphatic rings. The number of aromatic nitrogens is 3. The maximum atomic E-state index is 12.9. The van der Waals surface area contributed by atoms with Gasteiger partial charge < -0.3 is 14.4 Å². The van der Waals surface area contributed by atoms with Gasteiger partial charge in [-0.3, -0.25) is 9.78 Å². The quantitative estimate of drug-likeness (QED) is 0.716. The molecule has 0 spiro atoms. The molecule has 2 aromatic heterocycles. The second-order valence-electron chi connectivity index (χ2n) is 7.53. The second-order valence-corrected chi connectivity index (χ2v) is 7.53. The van der Waals surface area contributed by atoms with Gasteiger partial charge in [-0.15, -0.1) is 0 Å². The maximum Gasteiger partial charge on any atom is 0.274 e. The number of pyridine rings is 1. The fourth-order valence-electron chi connectivity index (χ4n) is 3.94. The van der Waals surface area contributed by atoms with Crippen molar-refractivity contribution >= 4 is 16.7 Å². The first kappa shape index (κ1) is 17.7. The van der Waals surface area contributed by atoms with Crippen molar-refractivity contribution in [1.82, 2.24) is 24.3 Å². The summed E-state index contributed by atoms with van der Waals surface area (Å²) in [5.74, 6) is 0.379. The minimum atomic E-state index is 0.0203. The van der Waals surface area contributed by atoms with Crippen LogP contribution in [0.3, 0.4) is 0 Å². The van der Waals surface area contributed by atoms with Gasteiger partial charge in [-0.2, -0.15) is 0 Å². The average molecular weight is 363 g/mol. The highest BCUT2D eigenvalue weighted by molar-refractivity contribution is 5.92. The number of hydrogen-bond acceptors (Lipinski definition) is 4. The van der Waals surface area contributed by atoms with Gasteiger partial charge in [-0.1, -0.05) is 24.3 Å². The minimum absolute atomic E-state index is 0.0203. The summed E-state index contributed by atoms with van der Waals surface area (Å²) < 4.78 is 1.82. The standard InChI is InChI=1S/C21H25N5O/c1-24-7-8-26(21(27)20-14-25(2)15-23-20)13-16(12-24)9-18-11-22-10-17-5-3-4-6-19(17)18/h3-6,10-11,14-16H,7-9,12-13H2,1-2H3/t16-/m0/s1. The Kier molecular flexibility index (Phi) is 4.90. The molecule has 1 fully saturated rings. The topological polar surface area (TPSA) is 54.3 Å². The maximum absolute atomic E-state index is 12.9. The highest BCUT2D eigenvalue weighted by Gasteiger charge is 2.26. The van der Waals surface area contributed by atoms with Crippen molar-refractivity contribution in [3.8, 4) is 0 Å². The summed E-state index contributed by atoms with van der Waals surface area (Å²) in [5, 5.41) is 2.42. The number of fused-ring (bicyclic) bond motifs is 1. The van der Waals surface area contributed by atoms with Gasteiger partial charge in [0.15, 0.2) is 0 Å². The van der Waals surface area contributed by atoms with Gasteiger partial charge >= 0.3 is 0 Å². The molecule has 140 valence electrons. The summed E-state index contributed by atoms with van der Waals surface area (Å²) in [5.41, 5.74) is 1.77. The highest BCUT2D eigenvalue weighted by atomic mass is 16.2. The van der Waals surface area contributed by atoms with E-state index in [2.05, 4.69) is 40.1 Å². The lowest BCUT2D eigenvalue weighted by Gasteiger charge is -2.24. The van der Waals surface area contributed by atoms with Crippen LogP contribution >= 0.6 is 0 Å². The lowest BCUT2D eigenvalue weighted by atomic mass is 9.96. The number of amides is 1. The molecule has 0 aliphatic carbocycles. The zero-order valence-corrected chi connectivity index (χ0v) is 15.9. The van der Waals surface area contributed by atoms with Crippen LogP contribution in [-0.4, -0.2) is 63.5 Å². The van der Waals surface area contributed by atoms with Gasteiger partial charge in [-0.25, -0.2) is 4.98 Å². The smallest absolute Gasteiger partial charge is 0.274 e. The summed E-state index contributed by atoms with van der Waals surface area (Å²) in [4.78, 5) is 25.8. The van der Waals surface area contributed by atoms with Crippen LogP contribution in [0.2, 0.25) is 0 Å². The molecule has 1 aliphatic heterocycles. The number of hydrogen-bond donors (Lipinski definition) is 0. The molecule has 1 aromatic carbocycles. The number of carbonyl (C=O) groups is 1. The first-order chi connectivity index (χ1) is 13.1. The van der Waals surface area contributed by atoms with E-state index >= 15 is 0 Å². The van der Waals surface area contributed by atoms with Gasteiger partial charge in [0.2, 0.25) is 0 Å². The van der Waals surface area contributed by atoms with E-state index < -0.39 is 0 Å². The van der Waals surface area contributed by atoms with E-state index in [0.717, 1.165) is 32.6 Å². The Morgan fingerprint density at radius 1 is 1.15 bits per heavy atom. The zero-order valence-electron chi connectivity index (χ0n) is 15.9. The number of aryl methyl sites for hydroxylation is 1. The molecule has 1 atom stereocenters. The van der Waals surface area contributed by atoms with Gasteiger partial charge in [0.1, 0.15) is 5.69 Å². The molecule has 6 heteroatoms. The van der Waals surface area contributed by atoms with Crippen molar-refractivity contribution in [1.29, 1.82) is 0 Å². The van der Waals surface area contributed by atoms with Crippen molar-refractivity contribution in [3.05, 3.63) is 60.4 Å². The predicted molar refractivity (Wildman–Crippen MR) is 106 cm³/mol. The lowest BCUT2D eigenvalue weighted by molar-refractivity contribution is 0.0741. The van der Waals surface area contributed by atoms with Crippen LogP contribution in [0.25, 0.3) is 10.8 Å². The van der Waals surface area contributed by atoms with Crippen molar-refractivity contribution in [2.45, 2.75) is 6.42 Å². The minimum Gasteiger partial charge on any atom is -0.340 e. The monoisotopic (exact) mass is 363 g/mol. The first-order valence-electron chi connectivity index (χ1n) is 9.37. The van der Waals surface area contributed by atoms with Crippen LogP contribution in [0, 0.1) is 5.92 Å².